The number of allylic oxidation sites excluding steroid dienone is 2. The summed E-state index contributed by atoms with van der Waals surface area (Å²) >= 11 is 0. The third-order valence-electron chi connectivity index (χ3n) is 4.89. The van der Waals surface area contributed by atoms with Crippen molar-refractivity contribution in [3.63, 3.8) is 0 Å². The van der Waals surface area contributed by atoms with E-state index < -0.39 is 6.17 Å². The molecule has 0 bridgehead atoms. The first-order valence-electron chi connectivity index (χ1n) is 8.21. The first-order chi connectivity index (χ1) is 10.2. The van der Waals surface area contributed by atoms with Gasteiger partial charge in [-0.3, -0.25) is 4.99 Å². The van der Waals surface area contributed by atoms with E-state index >= 15 is 0 Å². The Hall–Kier alpha value is -1.03. The van der Waals surface area contributed by atoms with E-state index in [1.807, 2.05) is 13.0 Å². The second-order valence-electron chi connectivity index (χ2n) is 6.44. The summed E-state index contributed by atoms with van der Waals surface area (Å²) in [6, 6.07) is 0. The van der Waals surface area contributed by atoms with Gasteiger partial charge in [0.15, 0.2) is 6.23 Å². The number of carbonyl (C=O) groups is 1. The lowest BCUT2D eigenvalue weighted by Gasteiger charge is -2.34. The summed E-state index contributed by atoms with van der Waals surface area (Å²) in [5.74, 6) is 0.912. The van der Waals surface area contributed by atoms with Gasteiger partial charge < -0.3 is 9.53 Å². The zero-order valence-electron chi connectivity index (χ0n) is 12.6. The van der Waals surface area contributed by atoms with Crippen molar-refractivity contribution in [3.8, 4) is 0 Å². The molecule has 1 heterocycles. The molecule has 0 aromatic rings. The van der Waals surface area contributed by atoms with Crippen molar-refractivity contribution in [2.45, 2.75) is 57.8 Å². The van der Waals surface area contributed by atoms with Gasteiger partial charge in [-0.25, -0.2) is 4.39 Å². The number of alkyl halides is 1. The molecular weight excluding hydrogens is 269 g/mol. The van der Waals surface area contributed by atoms with Crippen LogP contribution in [0, 0.1) is 17.8 Å². The van der Waals surface area contributed by atoms with Crippen LogP contribution in [0.5, 0.6) is 0 Å². The number of hydrogen-bond acceptors (Lipinski definition) is 3. The number of ether oxygens (including phenoxy) is 1. The number of hydrogen-bond donors (Lipinski definition) is 0. The standard InChI is InChI=1S/C17H24FNO2/c1-2-21-17-13(10-20)9-15(11-3-4-11)16(19-17)12-5-7-14(18)8-6-12/h5,10-11,13-15,17H,2-4,6-9H2,1H3/t13-,14-,15?,17?/m0/s1. The highest BCUT2D eigenvalue weighted by atomic mass is 19.1. The molecule has 0 spiro atoms. The molecule has 1 saturated carbocycles. The Morgan fingerprint density at radius 1 is 1.43 bits per heavy atom. The van der Waals surface area contributed by atoms with Gasteiger partial charge in [0.1, 0.15) is 12.5 Å². The Bertz CT molecular complexity index is 456. The number of carbonyl (C=O) groups excluding carboxylic acids is 1. The largest absolute Gasteiger partial charge is 0.356 e. The van der Waals surface area contributed by atoms with Gasteiger partial charge in [0.2, 0.25) is 0 Å². The molecule has 3 aliphatic rings. The average Bonchev–Trinajstić information content (AvgIpc) is 3.33. The van der Waals surface area contributed by atoms with Gasteiger partial charge in [-0.1, -0.05) is 6.08 Å². The molecule has 4 heteroatoms. The predicted molar refractivity (Wildman–Crippen MR) is 80.1 cm³/mol. The lowest BCUT2D eigenvalue weighted by molar-refractivity contribution is -0.116. The molecule has 4 atom stereocenters. The van der Waals surface area contributed by atoms with E-state index in [0.717, 1.165) is 24.8 Å². The van der Waals surface area contributed by atoms with Gasteiger partial charge in [-0.2, -0.15) is 0 Å². The van der Waals surface area contributed by atoms with Crippen molar-refractivity contribution in [1.82, 2.24) is 0 Å². The highest BCUT2D eigenvalue weighted by Crippen LogP contribution is 2.45. The normalized spacial score (nSPS) is 36.9. The van der Waals surface area contributed by atoms with Crippen molar-refractivity contribution in [2.24, 2.45) is 22.7 Å². The number of nitrogens with zero attached hydrogens (tertiary/aromatic N) is 1. The third kappa shape index (κ3) is 3.25. The Labute approximate surface area is 125 Å². The highest BCUT2D eigenvalue weighted by molar-refractivity contribution is 6.03. The zero-order chi connectivity index (χ0) is 14.8. The SMILES string of the molecule is CCOC1N=C(C2=CC[C@H](F)CC2)C(C2CC2)C[C@H]1C=O. The fourth-order valence-corrected chi connectivity index (χ4v) is 3.57. The molecule has 0 saturated heterocycles. The van der Waals surface area contributed by atoms with Gasteiger partial charge in [0.25, 0.3) is 0 Å². The molecule has 0 N–H and O–H groups in total. The fraction of sp³-hybridized carbons (Fsp3) is 0.765. The van der Waals surface area contributed by atoms with Gasteiger partial charge >= 0.3 is 0 Å². The van der Waals surface area contributed by atoms with Crippen LogP contribution in [0.15, 0.2) is 16.6 Å². The molecule has 0 radical (unpaired) electrons. The first-order valence-corrected chi connectivity index (χ1v) is 8.21. The third-order valence-corrected chi connectivity index (χ3v) is 4.89. The lowest BCUT2D eigenvalue weighted by Crippen LogP contribution is -2.37. The second kappa shape index (κ2) is 6.39. The number of rotatable bonds is 5. The monoisotopic (exact) mass is 293 g/mol. The number of halogens is 1. The van der Waals surface area contributed by atoms with Crippen molar-refractivity contribution in [2.75, 3.05) is 6.61 Å². The highest BCUT2D eigenvalue weighted by Gasteiger charge is 2.42. The summed E-state index contributed by atoms with van der Waals surface area (Å²) in [5.41, 5.74) is 2.32. The summed E-state index contributed by atoms with van der Waals surface area (Å²) in [6.45, 7) is 2.49. The van der Waals surface area contributed by atoms with Gasteiger partial charge in [-0.15, -0.1) is 0 Å². The van der Waals surface area contributed by atoms with Crippen molar-refractivity contribution in [1.29, 1.82) is 0 Å². The summed E-state index contributed by atoms with van der Waals surface area (Å²) in [7, 11) is 0. The minimum Gasteiger partial charge on any atom is -0.356 e. The van der Waals surface area contributed by atoms with Crippen molar-refractivity contribution in [3.05, 3.63) is 11.6 Å². The van der Waals surface area contributed by atoms with Crippen LogP contribution < -0.4 is 0 Å². The van der Waals surface area contributed by atoms with E-state index in [2.05, 4.69) is 0 Å². The van der Waals surface area contributed by atoms with E-state index in [1.165, 1.54) is 18.4 Å². The summed E-state index contributed by atoms with van der Waals surface area (Å²) in [4.78, 5) is 16.1. The van der Waals surface area contributed by atoms with Crippen LogP contribution in [-0.2, 0) is 9.53 Å². The van der Waals surface area contributed by atoms with Crippen LogP contribution in [-0.4, -0.2) is 31.0 Å². The Morgan fingerprint density at radius 3 is 2.81 bits per heavy atom. The topological polar surface area (TPSA) is 38.7 Å². The smallest absolute Gasteiger partial charge is 0.157 e. The average molecular weight is 293 g/mol. The quantitative estimate of drug-likeness (QED) is 0.728. The van der Waals surface area contributed by atoms with Gasteiger partial charge in [0.05, 0.1) is 5.92 Å². The molecule has 2 aliphatic carbocycles. The summed E-state index contributed by atoms with van der Waals surface area (Å²) in [6.07, 6.45) is 7.14. The molecule has 1 aliphatic heterocycles. The van der Waals surface area contributed by atoms with E-state index in [4.69, 9.17) is 9.73 Å². The Morgan fingerprint density at radius 2 is 2.24 bits per heavy atom. The second-order valence-corrected chi connectivity index (χ2v) is 6.44. The molecule has 0 aromatic heterocycles. The molecule has 3 nitrogen and oxygen atoms in total. The minimum atomic E-state index is -0.706. The molecule has 116 valence electrons. The molecule has 1 fully saturated rings. The van der Waals surface area contributed by atoms with Crippen molar-refractivity contribution < 1.29 is 13.9 Å². The maximum absolute atomic E-state index is 13.4. The van der Waals surface area contributed by atoms with E-state index in [-0.39, 0.29) is 12.1 Å². The van der Waals surface area contributed by atoms with Crippen LogP contribution in [0.25, 0.3) is 0 Å². The first kappa shape index (κ1) is 14.9. The molecule has 2 unspecified atom stereocenters. The van der Waals surface area contributed by atoms with Gasteiger partial charge in [-0.05, 0) is 56.9 Å². The van der Waals surface area contributed by atoms with Crippen LogP contribution in [0.1, 0.15) is 45.4 Å². The lowest BCUT2D eigenvalue weighted by atomic mass is 9.78. The zero-order valence-corrected chi connectivity index (χ0v) is 12.6. The summed E-state index contributed by atoms with van der Waals surface area (Å²) in [5, 5.41) is 0. The molecule has 3 rings (SSSR count). The number of aldehydes is 1. The summed E-state index contributed by atoms with van der Waals surface area (Å²) < 4.78 is 19.0. The fourth-order valence-electron chi connectivity index (χ4n) is 3.57. The Kier molecular flexibility index (Phi) is 4.53. The number of aliphatic imine (C=N–C) groups is 1. The maximum Gasteiger partial charge on any atom is 0.157 e. The van der Waals surface area contributed by atoms with Crippen LogP contribution in [0.3, 0.4) is 0 Å². The van der Waals surface area contributed by atoms with Crippen LogP contribution >= 0.6 is 0 Å². The van der Waals surface area contributed by atoms with Crippen LogP contribution in [0.4, 0.5) is 4.39 Å². The van der Waals surface area contributed by atoms with E-state index in [9.17, 15) is 9.18 Å². The molecule has 21 heavy (non-hydrogen) atoms. The van der Waals surface area contributed by atoms with Crippen LogP contribution in [0.2, 0.25) is 0 Å². The molecular formula is C17H24FNO2. The Balaban J connectivity index is 1.87. The predicted octanol–water partition coefficient (Wildman–Crippen LogP) is 3.48. The van der Waals surface area contributed by atoms with Gasteiger partial charge in [0, 0.05) is 18.2 Å². The maximum atomic E-state index is 13.4. The van der Waals surface area contributed by atoms with E-state index in [0.29, 0.717) is 31.3 Å². The molecule has 0 amide bonds. The van der Waals surface area contributed by atoms with E-state index in [1.54, 1.807) is 0 Å². The molecule has 0 aromatic carbocycles. The minimum absolute atomic E-state index is 0.127. The van der Waals surface area contributed by atoms with Crippen molar-refractivity contribution >= 4 is 12.0 Å².